The smallest absolute Gasteiger partial charge is 0.235 e. The van der Waals surface area contributed by atoms with E-state index < -0.39 is 5.54 Å². The quantitative estimate of drug-likeness (QED) is 0.556. The highest BCUT2D eigenvalue weighted by molar-refractivity contribution is 5.40. The molecule has 1 aromatic rings. The zero-order valence-corrected chi connectivity index (χ0v) is 9.19. The fourth-order valence-electron chi connectivity index (χ4n) is 1.87. The van der Waals surface area contributed by atoms with Gasteiger partial charge in [0.2, 0.25) is 6.08 Å². The lowest BCUT2D eigenvalue weighted by molar-refractivity contribution is 0.502. The molecule has 0 atom stereocenters. The van der Waals surface area contributed by atoms with E-state index in [4.69, 9.17) is 0 Å². The Hall–Kier alpha value is -1.48. The molecule has 0 unspecified atom stereocenters. The molecule has 0 saturated heterocycles. The third-order valence-corrected chi connectivity index (χ3v) is 2.84. The van der Waals surface area contributed by atoms with Crippen molar-refractivity contribution >= 4 is 6.08 Å². The summed E-state index contributed by atoms with van der Waals surface area (Å²) in [6.45, 7) is 6.07. The lowest BCUT2D eigenvalue weighted by Gasteiger charge is -2.08. The van der Waals surface area contributed by atoms with Crippen molar-refractivity contribution in [3.63, 3.8) is 0 Å². The van der Waals surface area contributed by atoms with E-state index in [0.29, 0.717) is 0 Å². The summed E-state index contributed by atoms with van der Waals surface area (Å²) >= 11 is 0. The minimum atomic E-state index is -0.404. The van der Waals surface area contributed by atoms with Crippen molar-refractivity contribution in [2.75, 3.05) is 0 Å². The van der Waals surface area contributed by atoms with Gasteiger partial charge in [0.15, 0.2) is 0 Å². The molecule has 0 N–H and O–H groups in total. The number of aliphatic imine (C=N–C) groups is 1. The van der Waals surface area contributed by atoms with Crippen LogP contribution >= 0.6 is 0 Å². The molecular weight excluding hydrogens is 192 g/mol. The Morgan fingerprint density at radius 2 is 2.20 bits per heavy atom. The van der Waals surface area contributed by atoms with Gasteiger partial charge in [-0.25, -0.2) is 9.48 Å². The minimum Gasteiger partial charge on any atom is -0.247 e. The van der Waals surface area contributed by atoms with Crippen LogP contribution in [0.4, 0.5) is 0 Å². The van der Waals surface area contributed by atoms with Crippen LogP contribution in [0.3, 0.4) is 0 Å². The van der Waals surface area contributed by atoms with Crippen LogP contribution in [0.1, 0.15) is 44.1 Å². The summed E-state index contributed by atoms with van der Waals surface area (Å²) in [5, 5.41) is 8.21. The molecular formula is C10H14N4O. The van der Waals surface area contributed by atoms with Gasteiger partial charge in [0, 0.05) is 6.04 Å². The predicted molar refractivity (Wildman–Crippen MR) is 54.2 cm³/mol. The summed E-state index contributed by atoms with van der Waals surface area (Å²) in [5.41, 5.74) is 1.43. The molecule has 0 aliphatic heterocycles. The fourth-order valence-corrected chi connectivity index (χ4v) is 1.87. The van der Waals surface area contributed by atoms with Gasteiger partial charge in [0.25, 0.3) is 0 Å². The maximum atomic E-state index is 10.3. The van der Waals surface area contributed by atoms with Gasteiger partial charge in [-0.3, -0.25) is 0 Å². The van der Waals surface area contributed by atoms with Crippen molar-refractivity contribution in [3.8, 4) is 0 Å². The van der Waals surface area contributed by atoms with Crippen molar-refractivity contribution in [1.29, 1.82) is 0 Å². The minimum absolute atomic E-state index is 0.280. The zero-order valence-electron chi connectivity index (χ0n) is 9.19. The second-order valence-electron chi connectivity index (χ2n) is 4.30. The van der Waals surface area contributed by atoms with Crippen LogP contribution in [0.5, 0.6) is 0 Å². The molecule has 0 aromatic carbocycles. The van der Waals surface area contributed by atoms with Gasteiger partial charge in [-0.1, -0.05) is 5.21 Å². The first kappa shape index (κ1) is 10.1. The molecule has 1 aromatic heterocycles. The van der Waals surface area contributed by atoms with Crippen LogP contribution in [0.15, 0.2) is 4.99 Å². The van der Waals surface area contributed by atoms with E-state index in [1.54, 1.807) is 6.08 Å². The van der Waals surface area contributed by atoms with Crippen molar-refractivity contribution < 1.29 is 4.79 Å². The Kier molecular flexibility index (Phi) is 2.20. The first-order valence-electron chi connectivity index (χ1n) is 5.12. The van der Waals surface area contributed by atoms with Gasteiger partial charge in [-0.15, -0.1) is 5.10 Å². The average Bonchev–Trinajstić information content (AvgIpc) is 2.83. The fraction of sp³-hybridized carbons (Fsp3) is 0.700. The van der Waals surface area contributed by atoms with Crippen molar-refractivity contribution in [2.24, 2.45) is 4.99 Å². The van der Waals surface area contributed by atoms with Crippen molar-refractivity contribution in [3.05, 3.63) is 11.4 Å². The zero-order chi connectivity index (χ0) is 11.1. The molecule has 0 radical (unpaired) electrons. The predicted octanol–water partition coefficient (Wildman–Crippen LogP) is 1.49. The number of nitrogens with zero attached hydrogens (tertiary/aromatic N) is 4. The maximum Gasteiger partial charge on any atom is 0.235 e. The van der Waals surface area contributed by atoms with E-state index in [0.717, 1.165) is 24.2 Å². The van der Waals surface area contributed by atoms with Gasteiger partial charge in [-0.05, 0) is 33.6 Å². The molecule has 15 heavy (non-hydrogen) atoms. The third-order valence-electron chi connectivity index (χ3n) is 2.84. The van der Waals surface area contributed by atoms with Crippen molar-refractivity contribution in [1.82, 2.24) is 15.0 Å². The molecule has 1 heterocycles. The third kappa shape index (κ3) is 1.49. The van der Waals surface area contributed by atoms with Gasteiger partial charge in [0.1, 0.15) is 11.2 Å². The largest absolute Gasteiger partial charge is 0.247 e. The monoisotopic (exact) mass is 206 g/mol. The number of rotatable bonds is 3. The van der Waals surface area contributed by atoms with E-state index in [1.165, 1.54) is 0 Å². The summed E-state index contributed by atoms with van der Waals surface area (Å²) in [7, 11) is 0. The highest BCUT2D eigenvalue weighted by Crippen LogP contribution is 2.49. The van der Waals surface area contributed by atoms with Crippen LogP contribution in [0, 0.1) is 6.92 Å². The van der Waals surface area contributed by atoms with Crippen LogP contribution in [-0.4, -0.2) is 21.1 Å². The van der Waals surface area contributed by atoms with E-state index >= 15 is 0 Å². The Bertz CT molecular complexity index is 425. The molecule has 1 aliphatic carbocycles. The number of isocyanates is 1. The molecule has 80 valence electrons. The van der Waals surface area contributed by atoms with E-state index in [1.807, 2.05) is 25.5 Å². The lowest BCUT2D eigenvalue weighted by Crippen LogP contribution is -2.08. The summed E-state index contributed by atoms with van der Waals surface area (Å²) in [4.78, 5) is 14.2. The molecule has 1 fully saturated rings. The highest BCUT2D eigenvalue weighted by atomic mass is 16.1. The number of hydrogen-bond donors (Lipinski definition) is 0. The van der Waals surface area contributed by atoms with Crippen LogP contribution < -0.4 is 0 Å². The highest BCUT2D eigenvalue weighted by Gasteiger charge is 2.48. The van der Waals surface area contributed by atoms with E-state index in [2.05, 4.69) is 15.3 Å². The molecule has 0 bridgehead atoms. The Labute approximate surface area is 88.2 Å². The Balaban J connectivity index is 2.42. The molecule has 5 nitrogen and oxygen atoms in total. The van der Waals surface area contributed by atoms with Gasteiger partial charge < -0.3 is 0 Å². The standard InChI is InChI=1S/C10H14N4O/c1-7(2)14-8(3)9(12-13-14)10(4-5-10)11-6-15/h7H,4-5H2,1-3H3. The summed E-state index contributed by atoms with van der Waals surface area (Å²) in [6, 6.07) is 0.280. The second kappa shape index (κ2) is 3.28. The number of aromatic nitrogens is 3. The van der Waals surface area contributed by atoms with Gasteiger partial charge in [-0.2, -0.15) is 4.99 Å². The van der Waals surface area contributed by atoms with Gasteiger partial charge >= 0.3 is 0 Å². The normalized spacial score (nSPS) is 17.6. The van der Waals surface area contributed by atoms with Crippen LogP contribution in [-0.2, 0) is 10.3 Å². The first-order valence-corrected chi connectivity index (χ1v) is 5.12. The van der Waals surface area contributed by atoms with Crippen LogP contribution in [0.2, 0.25) is 0 Å². The molecule has 2 rings (SSSR count). The number of carbonyl (C=O) groups excluding carboxylic acids is 1. The number of hydrogen-bond acceptors (Lipinski definition) is 4. The summed E-state index contributed by atoms with van der Waals surface area (Å²) in [5.74, 6) is 0. The van der Waals surface area contributed by atoms with E-state index in [9.17, 15) is 4.79 Å². The molecule has 0 amide bonds. The van der Waals surface area contributed by atoms with Crippen LogP contribution in [0.25, 0.3) is 0 Å². The topological polar surface area (TPSA) is 60.1 Å². The first-order chi connectivity index (χ1) is 7.10. The molecule has 1 aliphatic rings. The lowest BCUT2D eigenvalue weighted by atomic mass is 10.1. The molecule has 5 heteroatoms. The maximum absolute atomic E-state index is 10.3. The molecule has 0 spiro atoms. The molecule has 1 saturated carbocycles. The Morgan fingerprint density at radius 3 is 2.60 bits per heavy atom. The van der Waals surface area contributed by atoms with Crippen molar-refractivity contribution in [2.45, 2.75) is 45.2 Å². The summed E-state index contributed by atoms with van der Waals surface area (Å²) in [6.07, 6.45) is 3.38. The van der Waals surface area contributed by atoms with E-state index in [-0.39, 0.29) is 6.04 Å². The average molecular weight is 206 g/mol. The Morgan fingerprint density at radius 1 is 1.53 bits per heavy atom. The second-order valence-corrected chi connectivity index (χ2v) is 4.30. The summed E-state index contributed by atoms with van der Waals surface area (Å²) < 4.78 is 1.86. The van der Waals surface area contributed by atoms with Gasteiger partial charge in [0.05, 0.1) is 5.69 Å². The SMILES string of the molecule is Cc1c(C2(N=C=O)CC2)nnn1C(C)C.